The first-order valence-corrected chi connectivity index (χ1v) is 13.7. The smallest absolute Gasteiger partial charge is 0.291 e. The molecule has 1 aromatic heterocycles. The molecule has 1 aliphatic heterocycles. The van der Waals surface area contributed by atoms with E-state index in [9.17, 15) is 9.59 Å². The van der Waals surface area contributed by atoms with Crippen molar-refractivity contribution in [2.45, 2.75) is 59.0 Å². The summed E-state index contributed by atoms with van der Waals surface area (Å²) in [4.78, 5) is 29.4. The van der Waals surface area contributed by atoms with Gasteiger partial charge < -0.3 is 18.8 Å². The Hall–Kier alpha value is -4.06. The van der Waals surface area contributed by atoms with E-state index in [2.05, 4.69) is 6.92 Å². The summed E-state index contributed by atoms with van der Waals surface area (Å²) in [5, 5.41) is 0.494. The Morgan fingerprint density at radius 2 is 1.56 bits per heavy atom. The molecule has 1 aliphatic rings. The van der Waals surface area contributed by atoms with Gasteiger partial charge in [0.15, 0.2) is 5.43 Å². The van der Waals surface area contributed by atoms with Gasteiger partial charge in [-0.2, -0.15) is 0 Å². The van der Waals surface area contributed by atoms with Gasteiger partial charge in [0.1, 0.15) is 17.1 Å². The SMILES string of the molecule is CCCCCCOc1ccc(C2c3c(oc4cc(C)c(C)cc4c3=O)C(=O)N2Cc2ccc(OC)cc2)cc1. The van der Waals surface area contributed by atoms with Crippen molar-refractivity contribution in [2.75, 3.05) is 13.7 Å². The van der Waals surface area contributed by atoms with Gasteiger partial charge in [0.25, 0.3) is 5.91 Å². The molecule has 0 N–H and O–H groups in total. The number of carbonyl (C=O) groups excluding carboxylic acids is 1. The maximum absolute atomic E-state index is 13.9. The largest absolute Gasteiger partial charge is 0.497 e. The van der Waals surface area contributed by atoms with E-state index in [4.69, 9.17) is 13.9 Å². The average molecular weight is 526 g/mol. The molecule has 0 spiro atoms. The number of hydrogen-bond acceptors (Lipinski definition) is 5. The number of hydrogen-bond donors (Lipinski definition) is 0. The van der Waals surface area contributed by atoms with Crippen molar-refractivity contribution in [1.29, 1.82) is 0 Å². The molecular weight excluding hydrogens is 490 g/mol. The zero-order valence-electron chi connectivity index (χ0n) is 23.1. The molecule has 0 bridgehead atoms. The Labute approximate surface area is 229 Å². The maximum Gasteiger partial charge on any atom is 0.291 e. The standard InChI is InChI=1S/C33H35NO5/c1-5-6-7-8-17-38-26-15-11-24(12-16-26)30-29-31(35)27-18-21(2)22(3)19-28(27)39-32(29)33(36)34(30)20-23-9-13-25(37-4)14-10-23/h9-16,18-19,30H,5-8,17,20H2,1-4H3. The summed E-state index contributed by atoms with van der Waals surface area (Å²) in [6.45, 7) is 7.12. The number of benzene rings is 3. The van der Waals surface area contributed by atoms with Crippen LogP contribution >= 0.6 is 0 Å². The Morgan fingerprint density at radius 3 is 2.26 bits per heavy atom. The minimum absolute atomic E-state index is 0.116. The molecule has 0 aliphatic carbocycles. The monoisotopic (exact) mass is 525 g/mol. The van der Waals surface area contributed by atoms with Crippen LogP contribution in [0.3, 0.4) is 0 Å². The number of carbonyl (C=O) groups is 1. The fourth-order valence-electron chi connectivity index (χ4n) is 5.18. The molecule has 2 heterocycles. The molecule has 39 heavy (non-hydrogen) atoms. The minimum Gasteiger partial charge on any atom is -0.497 e. The van der Waals surface area contributed by atoms with E-state index in [1.165, 1.54) is 12.8 Å². The lowest BCUT2D eigenvalue weighted by molar-refractivity contribution is 0.0714. The second-order valence-electron chi connectivity index (χ2n) is 10.3. The van der Waals surface area contributed by atoms with E-state index in [1.807, 2.05) is 74.5 Å². The van der Waals surface area contributed by atoms with E-state index in [0.29, 0.717) is 29.7 Å². The lowest BCUT2D eigenvalue weighted by Gasteiger charge is -2.25. The molecule has 1 unspecified atom stereocenters. The number of unbranched alkanes of at least 4 members (excludes halogenated alkanes) is 3. The van der Waals surface area contributed by atoms with Gasteiger partial charge in [-0.05, 0) is 78.9 Å². The highest BCUT2D eigenvalue weighted by atomic mass is 16.5. The third-order valence-electron chi connectivity index (χ3n) is 7.56. The molecule has 1 amide bonds. The highest BCUT2D eigenvalue weighted by Gasteiger charge is 2.42. The van der Waals surface area contributed by atoms with Crippen molar-refractivity contribution >= 4 is 16.9 Å². The van der Waals surface area contributed by atoms with E-state index in [-0.39, 0.29) is 17.1 Å². The lowest BCUT2D eigenvalue weighted by atomic mass is 9.97. The molecule has 3 aromatic carbocycles. The van der Waals surface area contributed by atoms with E-state index < -0.39 is 6.04 Å². The van der Waals surface area contributed by atoms with Crippen LogP contribution in [0.1, 0.15) is 77.0 Å². The van der Waals surface area contributed by atoms with Gasteiger partial charge in [-0.1, -0.05) is 50.5 Å². The molecule has 5 rings (SSSR count). The first kappa shape index (κ1) is 26.5. The number of ether oxygens (including phenoxy) is 2. The van der Waals surface area contributed by atoms with E-state index in [0.717, 1.165) is 46.6 Å². The third-order valence-corrected chi connectivity index (χ3v) is 7.56. The van der Waals surface area contributed by atoms with Gasteiger partial charge in [-0.3, -0.25) is 9.59 Å². The normalized spacial score (nSPS) is 14.6. The van der Waals surface area contributed by atoms with Crippen LogP contribution in [0.2, 0.25) is 0 Å². The Balaban J connectivity index is 1.54. The Bertz CT molecular complexity index is 1540. The number of fused-ring (bicyclic) bond motifs is 2. The zero-order chi connectivity index (χ0) is 27.5. The Kier molecular flexibility index (Phi) is 7.73. The highest BCUT2D eigenvalue weighted by molar-refractivity contribution is 5.99. The number of nitrogens with zero attached hydrogens (tertiary/aromatic N) is 1. The van der Waals surface area contributed by atoms with Crippen molar-refractivity contribution in [3.8, 4) is 11.5 Å². The molecule has 4 aromatic rings. The molecule has 202 valence electrons. The first-order chi connectivity index (χ1) is 18.9. The summed E-state index contributed by atoms with van der Waals surface area (Å²) in [7, 11) is 1.62. The van der Waals surface area contributed by atoms with Crippen LogP contribution in [-0.2, 0) is 6.54 Å². The number of rotatable bonds is 10. The second-order valence-corrected chi connectivity index (χ2v) is 10.3. The fraction of sp³-hybridized carbons (Fsp3) is 0.333. The average Bonchev–Trinajstić information content (AvgIpc) is 3.22. The molecule has 0 radical (unpaired) electrons. The van der Waals surface area contributed by atoms with Crippen molar-refractivity contribution in [3.63, 3.8) is 0 Å². The van der Waals surface area contributed by atoms with Crippen LogP contribution in [-0.4, -0.2) is 24.5 Å². The van der Waals surface area contributed by atoms with Gasteiger partial charge in [-0.15, -0.1) is 0 Å². The van der Waals surface area contributed by atoms with Crippen LogP contribution in [0, 0.1) is 13.8 Å². The highest BCUT2D eigenvalue weighted by Crippen LogP contribution is 2.40. The molecule has 0 saturated heterocycles. The fourth-order valence-corrected chi connectivity index (χ4v) is 5.18. The van der Waals surface area contributed by atoms with Crippen molar-refractivity contribution in [3.05, 3.63) is 104 Å². The topological polar surface area (TPSA) is 69.0 Å². The van der Waals surface area contributed by atoms with Crippen LogP contribution in [0.15, 0.2) is 69.9 Å². The molecule has 0 saturated carbocycles. The van der Waals surface area contributed by atoms with Crippen molar-refractivity contribution < 1.29 is 18.7 Å². The quantitative estimate of drug-likeness (QED) is 0.206. The van der Waals surface area contributed by atoms with Gasteiger partial charge in [0.05, 0.1) is 30.7 Å². The summed E-state index contributed by atoms with van der Waals surface area (Å²) in [6, 6.07) is 18.4. The molecule has 1 atom stereocenters. The predicted molar refractivity (Wildman–Crippen MR) is 153 cm³/mol. The molecule has 6 heteroatoms. The molecular formula is C33H35NO5. The van der Waals surface area contributed by atoms with E-state index >= 15 is 0 Å². The minimum atomic E-state index is -0.574. The second kappa shape index (κ2) is 11.4. The van der Waals surface area contributed by atoms with E-state index in [1.54, 1.807) is 12.0 Å². The van der Waals surface area contributed by atoms with Gasteiger partial charge >= 0.3 is 0 Å². The zero-order valence-corrected chi connectivity index (χ0v) is 23.1. The summed E-state index contributed by atoms with van der Waals surface area (Å²) in [5.74, 6) is 1.34. The number of amides is 1. The van der Waals surface area contributed by atoms with Gasteiger partial charge in [0.2, 0.25) is 5.76 Å². The molecule has 0 fully saturated rings. The maximum atomic E-state index is 13.9. The summed E-state index contributed by atoms with van der Waals surface area (Å²) in [6.07, 6.45) is 4.56. The summed E-state index contributed by atoms with van der Waals surface area (Å²) in [5.41, 5.74) is 4.44. The predicted octanol–water partition coefficient (Wildman–Crippen LogP) is 7.12. The summed E-state index contributed by atoms with van der Waals surface area (Å²) >= 11 is 0. The van der Waals surface area contributed by atoms with Gasteiger partial charge in [-0.25, -0.2) is 0 Å². The van der Waals surface area contributed by atoms with Crippen LogP contribution in [0.5, 0.6) is 11.5 Å². The van der Waals surface area contributed by atoms with Crippen LogP contribution in [0.25, 0.3) is 11.0 Å². The van der Waals surface area contributed by atoms with Crippen molar-refractivity contribution in [1.82, 2.24) is 4.90 Å². The molecule has 6 nitrogen and oxygen atoms in total. The number of methoxy groups -OCH3 is 1. The Morgan fingerprint density at radius 1 is 0.872 bits per heavy atom. The lowest BCUT2D eigenvalue weighted by Crippen LogP contribution is -2.29. The van der Waals surface area contributed by atoms with Gasteiger partial charge in [0, 0.05) is 6.54 Å². The van der Waals surface area contributed by atoms with Crippen LogP contribution < -0.4 is 14.9 Å². The van der Waals surface area contributed by atoms with Crippen molar-refractivity contribution in [2.24, 2.45) is 0 Å². The summed E-state index contributed by atoms with van der Waals surface area (Å²) < 4.78 is 17.4. The first-order valence-electron chi connectivity index (χ1n) is 13.7. The third kappa shape index (κ3) is 5.29. The van der Waals surface area contributed by atoms with Crippen LogP contribution in [0.4, 0.5) is 0 Å². The number of aryl methyl sites for hydroxylation is 2.